The van der Waals surface area contributed by atoms with Crippen LogP contribution in [0.3, 0.4) is 0 Å². The van der Waals surface area contributed by atoms with E-state index in [1.54, 1.807) is 0 Å². The molecule has 0 unspecified atom stereocenters. The van der Waals surface area contributed by atoms with Crippen molar-refractivity contribution in [3.8, 4) is 0 Å². The summed E-state index contributed by atoms with van der Waals surface area (Å²) in [5.74, 6) is 0. The highest BCUT2D eigenvalue weighted by atomic mass is 32.3. The summed E-state index contributed by atoms with van der Waals surface area (Å²) in [5, 5.41) is 0. The molecule has 0 bridgehead atoms. The van der Waals surface area contributed by atoms with Gasteiger partial charge >= 0.3 is 10.4 Å². The van der Waals surface area contributed by atoms with Gasteiger partial charge in [0.15, 0.2) is 0 Å². The maximum absolute atomic E-state index is 8.74. The molecular formula is C3H13NO4S. The standard InChI is InChI=1S/C2H6.CH5N.H2O4S/c2*1-2;1-5(2,3)4/h1-2H3;2H2,1H3;(H2,1,2,3,4). The van der Waals surface area contributed by atoms with E-state index in [-0.39, 0.29) is 0 Å². The second kappa shape index (κ2) is 10.7. The Morgan fingerprint density at radius 1 is 1.11 bits per heavy atom. The van der Waals surface area contributed by atoms with Crippen molar-refractivity contribution in [1.82, 2.24) is 0 Å². The van der Waals surface area contributed by atoms with Crippen LogP contribution in [0, 0.1) is 0 Å². The topological polar surface area (TPSA) is 101 Å². The predicted octanol–water partition coefficient (Wildman–Crippen LogP) is -0.0517. The molecule has 0 aromatic carbocycles. The van der Waals surface area contributed by atoms with E-state index in [4.69, 9.17) is 17.5 Å². The predicted molar refractivity (Wildman–Crippen MR) is 35.6 cm³/mol. The number of rotatable bonds is 0. The van der Waals surface area contributed by atoms with Crippen molar-refractivity contribution in [2.24, 2.45) is 5.73 Å². The lowest BCUT2D eigenvalue weighted by Crippen LogP contribution is -1.89. The van der Waals surface area contributed by atoms with Crippen LogP contribution in [0.1, 0.15) is 13.8 Å². The van der Waals surface area contributed by atoms with Crippen LogP contribution >= 0.6 is 0 Å². The molecule has 0 saturated heterocycles. The summed E-state index contributed by atoms with van der Waals surface area (Å²) >= 11 is 0. The SMILES string of the molecule is CC.CN.O=S(=O)(O)O. The summed E-state index contributed by atoms with van der Waals surface area (Å²) in [6.45, 7) is 4.00. The lowest BCUT2D eigenvalue weighted by Gasteiger charge is -1.68. The highest BCUT2D eigenvalue weighted by molar-refractivity contribution is 7.79. The van der Waals surface area contributed by atoms with Gasteiger partial charge in [0.2, 0.25) is 0 Å². The minimum Gasteiger partial charge on any atom is -0.333 e. The first-order valence-corrected chi connectivity index (χ1v) is 3.67. The molecular weight excluding hydrogens is 146 g/mol. The van der Waals surface area contributed by atoms with Gasteiger partial charge in [0.05, 0.1) is 0 Å². The second-order valence-electron chi connectivity index (χ2n) is 0.448. The fourth-order valence-corrected chi connectivity index (χ4v) is 0. The molecule has 60 valence electrons. The molecule has 0 aromatic rings. The largest absolute Gasteiger partial charge is 0.394 e. The molecule has 6 heteroatoms. The van der Waals surface area contributed by atoms with Gasteiger partial charge in [-0.15, -0.1) is 0 Å². The molecule has 0 fully saturated rings. The lowest BCUT2D eigenvalue weighted by molar-refractivity contribution is 0.381. The summed E-state index contributed by atoms with van der Waals surface area (Å²) < 4.78 is 31.6. The van der Waals surface area contributed by atoms with E-state index in [2.05, 4.69) is 5.73 Å². The van der Waals surface area contributed by atoms with Gasteiger partial charge in [-0.05, 0) is 7.05 Å². The molecule has 0 heterocycles. The maximum atomic E-state index is 8.74. The van der Waals surface area contributed by atoms with Crippen molar-refractivity contribution in [3.63, 3.8) is 0 Å². The van der Waals surface area contributed by atoms with E-state index in [1.165, 1.54) is 7.05 Å². The summed E-state index contributed by atoms with van der Waals surface area (Å²) in [6, 6.07) is 0. The first kappa shape index (κ1) is 15.9. The molecule has 5 nitrogen and oxygen atoms in total. The maximum Gasteiger partial charge on any atom is 0.394 e. The summed E-state index contributed by atoms with van der Waals surface area (Å²) in [6.07, 6.45) is 0. The molecule has 9 heavy (non-hydrogen) atoms. The Kier molecular flexibility index (Phi) is 19.0. The Bertz CT molecular complexity index is 99.0. The van der Waals surface area contributed by atoms with Crippen molar-refractivity contribution >= 4 is 10.4 Å². The van der Waals surface area contributed by atoms with Crippen LogP contribution in [0.2, 0.25) is 0 Å². The van der Waals surface area contributed by atoms with Gasteiger partial charge in [-0.25, -0.2) is 0 Å². The van der Waals surface area contributed by atoms with E-state index in [0.29, 0.717) is 0 Å². The van der Waals surface area contributed by atoms with Crippen molar-refractivity contribution in [1.29, 1.82) is 0 Å². The molecule has 0 aliphatic heterocycles. The number of hydrogen-bond acceptors (Lipinski definition) is 3. The molecule has 0 rings (SSSR count). The van der Waals surface area contributed by atoms with Crippen LogP contribution in [0.4, 0.5) is 0 Å². The van der Waals surface area contributed by atoms with Crippen LogP contribution in [0.5, 0.6) is 0 Å². The quantitative estimate of drug-likeness (QED) is 0.430. The third-order valence-corrected chi connectivity index (χ3v) is 0. The summed E-state index contributed by atoms with van der Waals surface area (Å²) in [7, 11) is -3.17. The van der Waals surface area contributed by atoms with Crippen LogP contribution in [-0.4, -0.2) is 24.6 Å². The second-order valence-corrected chi connectivity index (χ2v) is 1.34. The van der Waals surface area contributed by atoms with Crippen LogP contribution in [-0.2, 0) is 10.4 Å². The Morgan fingerprint density at radius 3 is 1.11 bits per heavy atom. The van der Waals surface area contributed by atoms with Gasteiger partial charge in [-0.3, -0.25) is 9.11 Å². The fourth-order valence-electron chi connectivity index (χ4n) is 0. The van der Waals surface area contributed by atoms with E-state index in [1.807, 2.05) is 13.8 Å². The van der Waals surface area contributed by atoms with Crippen molar-refractivity contribution in [2.75, 3.05) is 7.05 Å². The highest BCUT2D eigenvalue weighted by Gasteiger charge is 1.84. The van der Waals surface area contributed by atoms with Crippen molar-refractivity contribution in [2.45, 2.75) is 13.8 Å². The average molecular weight is 159 g/mol. The fraction of sp³-hybridized carbons (Fsp3) is 1.00. The van der Waals surface area contributed by atoms with E-state index in [0.717, 1.165) is 0 Å². The Morgan fingerprint density at radius 2 is 1.11 bits per heavy atom. The van der Waals surface area contributed by atoms with Gasteiger partial charge in [-0.2, -0.15) is 8.42 Å². The van der Waals surface area contributed by atoms with Crippen LogP contribution in [0.15, 0.2) is 0 Å². The Labute approximate surface area is 55.5 Å². The number of hydrogen-bond donors (Lipinski definition) is 3. The molecule has 0 radical (unpaired) electrons. The Hall–Kier alpha value is -0.170. The zero-order valence-electron chi connectivity index (χ0n) is 5.70. The molecule has 0 aromatic heterocycles. The minimum atomic E-state index is -4.67. The molecule has 0 aliphatic carbocycles. The van der Waals surface area contributed by atoms with Crippen molar-refractivity contribution < 1.29 is 17.5 Å². The molecule has 0 aliphatic rings. The third kappa shape index (κ3) is 9210. The molecule has 0 amide bonds. The van der Waals surface area contributed by atoms with Gasteiger partial charge in [0.25, 0.3) is 0 Å². The van der Waals surface area contributed by atoms with Crippen LogP contribution in [0.25, 0.3) is 0 Å². The summed E-state index contributed by atoms with van der Waals surface area (Å²) in [4.78, 5) is 0. The van der Waals surface area contributed by atoms with Crippen LogP contribution < -0.4 is 5.73 Å². The van der Waals surface area contributed by atoms with E-state index in [9.17, 15) is 0 Å². The zero-order valence-corrected chi connectivity index (χ0v) is 6.51. The van der Waals surface area contributed by atoms with E-state index >= 15 is 0 Å². The van der Waals surface area contributed by atoms with Gasteiger partial charge in [0.1, 0.15) is 0 Å². The van der Waals surface area contributed by atoms with Gasteiger partial charge in [-0.1, -0.05) is 13.8 Å². The number of nitrogens with two attached hydrogens (primary N) is 1. The molecule has 0 atom stereocenters. The first-order valence-electron chi connectivity index (χ1n) is 2.28. The summed E-state index contributed by atoms with van der Waals surface area (Å²) in [5.41, 5.74) is 4.50. The monoisotopic (exact) mass is 159 g/mol. The average Bonchev–Trinajstić information content (AvgIpc) is 1.72. The minimum absolute atomic E-state index is 1.50. The normalized spacial score (nSPS) is 7.78. The van der Waals surface area contributed by atoms with Crippen molar-refractivity contribution in [3.05, 3.63) is 0 Å². The van der Waals surface area contributed by atoms with Gasteiger partial charge < -0.3 is 5.73 Å². The molecule has 0 spiro atoms. The molecule has 0 saturated carbocycles. The van der Waals surface area contributed by atoms with Gasteiger partial charge in [0, 0.05) is 0 Å². The highest BCUT2D eigenvalue weighted by Crippen LogP contribution is 1.59. The zero-order chi connectivity index (χ0) is 8.50. The first-order chi connectivity index (χ1) is 4.00. The third-order valence-electron chi connectivity index (χ3n) is 0. The Balaban J connectivity index is -0.0000000771. The van der Waals surface area contributed by atoms with E-state index < -0.39 is 10.4 Å². The lowest BCUT2D eigenvalue weighted by atomic mass is 11.0. The molecule has 4 N–H and O–H groups in total. The smallest absolute Gasteiger partial charge is 0.333 e.